The third-order valence-corrected chi connectivity index (χ3v) is 2.04. The fourth-order valence-electron chi connectivity index (χ4n) is 1.24. The van der Waals surface area contributed by atoms with Gasteiger partial charge in [-0.2, -0.15) is 5.26 Å². The average molecular weight is 221 g/mol. The number of nitrogens with one attached hydrogen (secondary N) is 2. The molecule has 0 spiro atoms. The third kappa shape index (κ3) is 4.46. The van der Waals surface area contributed by atoms with Gasteiger partial charge in [0.25, 0.3) is 0 Å². The predicted molar refractivity (Wildman–Crippen MR) is 59.6 cm³/mol. The standard InChI is InChI=1S/C10H15N5O/c1-12-10(14-8-11)13-6-3-2-4-9-5-7-16-15-9/h5,7H,2-4,6H2,1H3,(H2,12,13,14). The first-order valence-electron chi connectivity index (χ1n) is 5.12. The molecule has 1 heterocycles. The number of aryl methyl sites for hydroxylation is 1. The summed E-state index contributed by atoms with van der Waals surface area (Å²) in [6.07, 6.45) is 6.30. The van der Waals surface area contributed by atoms with Crippen molar-refractivity contribution in [2.75, 3.05) is 13.6 Å². The van der Waals surface area contributed by atoms with E-state index in [1.807, 2.05) is 12.3 Å². The zero-order valence-corrected chi connectivity index (χ0v) is 9.23. The predicted octanol–water partition coefficient (Wildman–Crippen LogP) is 0.643. The van der Waals surface area contributed by atoms with Crippen LogP contribution in [0.25, 0.3) is 0 Å². The van der Waals surface area contributed by atoms with E-state index in [-0.39, 0.29) is 0 Å². The molecular formula is C10H15N5O. The fraction of sp³-hybridized carbons (Fsp3) is 0.500. The molecule has 2 N–H and O–H groups in total. The Morgan fingerprint density at radius 2 is 2.50 bits per heavy atom. The van der Waals surface area contributed by atoms with E-state index in [0.717, 1.165) is 31.5 Å². The Hall–Kier alpha value is -2.03. The van der Waals surface area contributed by atoms with Crippen LogP contribution in [-0.2, 0) is 6.42 Å². The number of guanidine groups is 1. The number of aliphatic imine (C=N–C) groups is 1. The number of unbranched alkanes of at least 4 members (excludes halogenated alkanes) is 1. The van der Waals surface area contributed by atoms with E-state index in [1.54, 1.807) is 13.3 Å². The lowest BCUT2D eigenvalue weighted by Crippen LogP contribution is -2.34. The molecule has 0 atom stereocenters. The highest BCUT2D eigenvalue weighted by molar-refractivity contribution is 5.80. The maximum Gasteiger partial charge on any atom is 0.204 e. The molecule has 0 aliphatic carbocycles. The van der Waals surface area contributed by atoms with Gasteiger partial charge in [-0.3, -0.25) is 10.3 Å². The molecular weight excluding hydrogens is 206 g/mol. The van der Waals surface area contributed by atoms with Gasteiger partial charge in [0, 0.05) is 19.7 Å². The van der Waals surface area contributed by atoms with Gasteiger partial charge in [-0.05, 0) is 19.3 Å². The minimum absolute atomic E-state index is 0.504. The number of hydrogen-bond acceptors (Lipinski definition) is 4. The van der Waals surface area contributed by atoms with Gasteiger partial charge < -0.3 is 9.84 Å². The summed E-state index contributed by atoms with van der Waals surface area (Å²) < 4.78 is 4.73. The van der Waals surface area contributed by atoms with Crippen molar-refractivity contribution in [2.24, 2.45) is 4.99 Å². The van der Waals surface area contributed by atoms with Crippen molar-refractivity contribution in [2.45, 2.75) is 19.3 Å². The highest BCUT2D eigenvalue weighted by atomic mass is 16.5. The van der Waals surface area contributed by atoms with Crippen LogP contribution in [0.15, 0.2) is 21.8 Å². The van der Waals surface area contributed by atoms with E-state index in [1.165, 1.54) is 0 Å². The first kappa shape index (κ1) is 12.0. The molecule has 0 fully saturated rings. The highest BCUT2D eigenvalue weighted by Crippen LogP contribution is 2.00. The Bertz CT molecular complexity index is 352. The number of nitrogens with zero attached hydrogens (tertiary/aromatic N) is 3. The van der Waals surface area contributed by atoms with E-state index in [2.05, 4.69) is 20.8 Å². The largest absolute Gasteiger partial charge is 0.365 e. The summed E-state index contributed by atoms with van der Waals surface area (Å²) in [5.41, 5.74) is 0.972. The second kappa shape index (κ2) is 7.29. The molecule has 0 radical (unpaired) electrons. The molecule has 1 aromatic heterocycles. The topological polar surface area (TPSA) is 86.2 Å². The van der Waals surface area contributed by atoms with Crippen LogP contribution < -0.4 is 10.6 Å². The number of nitriles is 1. The van der Waals surface area contributed by atoms with Crippen molar-refractivity contribution in [1.29, 1.82) is 5.26 Å². The quantitative estimate of drug-likeness (QED) is 0.250. The Kier molecular flexibility index (Phi) is 5.48. The zero-order valence-electron chi connectivity index (χ0n) is 9.23. The van der Waals surface area contributed by atoms with Crippen LogP contribution >= 0.6 is 0 Å². The van der Waals surface area contributed by atoms with E-state index in [9.17, 15) is 0 Å². The summed E-state index contributed by atoms with van der Waals surface area (Å²) in [4.78, 5) is 3.87. The van der Waals surface area contributed by atoms with Crippen molar-refractivity contribution < 1.29 is 4.52 Å². The molecule has 0 saturated carbocycles. The SMILES string of the molecule is CN=C(NC#N)NCCCCc1ccon1. The Labute approximate surface area is 94.3 Å². The van der Waals surface area contributed by atoms with Crippen LogP contribution in [0.4, 0.5) is 0 Å². The van der Waals surface area contributed by atoms with Crippen molar-refractivity contribution in [3.05, 3.63) is 18.0 Å². The summed E-state index contributed by atoms with van der Waals surface area (Å²) in [5.74, 6) is 0.504. The second-order valence-corrected chi connectivity index (χ2v) is 3.18. The van der Waals surface area contributed by atoms with Gasteiger partial charge in [0.05, 0.1) is 5.69 Å². The molecule has 0 aliphatic heterocycles. The van der Waals surface area contributed by atoms with Gasteiger partial charge >= 0.3 is 0 Å². The molecule has 0 aromatic carbocycles. The maximum atomic E-state index is 8.39. The summed E-state index contributed by atoms with van der Waals surface area (Å²) in [6.45, 7) is 0.777. The number of hydrogen-bond donors (Lipinski definition) is 2. The highest BCUT2D eigenvalue weighted by Gasteiger charge is 1.97. The first-order chi connectivity index (χ1) is 7.86. The third-order valence-electron chi connectivity index (χ3n) is 2.04. The van der Waals surface area contributed by atoms with Gasteiger partial charge in [-0.1, -0.05) is 5.16 Å². The van der Waals surface area contributed by atoms with E-state index >= 15 is 0 Å². The van der Waals surface area contributed by atoms with Crippen LogP contribution in [0.1, 0.15) is 18.5 Å². The van der Waals surface area contributed by atoms with Crippen molar-refractivity contribution in [3.8, 4) is 6.19 Å². The van der Waals surface area contributed by atoms with Crippen molar-refractivity contribution >= 4 is 5.96 Å². The average Bonchev–Trinajstić information content (AvgIpc) is 2.80. The molecule has 1 aromatic rings. The molecule has 6 heteroatoms. The molecule has 6 nitrogen and oxygen atoms in total. The van der Waals surface area contributed by atoms with Gasteiger partial charge in [-0.25, -0.2) is 0 Å². The van der Waals surface area contributed by atoms with Crippen LogP contribution in [0.3, 0.4) is 0 Å². The summed E-state index contributed by atoms with van der Waals surface area (Å²) >= 11 is 0. The van der Waals surface area contributed by atoms with Crippen LogP contribution in [0, 0.1) is 11.5 Å². The fourth-order valence-corrected chi connectivity index (χ4v) is 1.24. The van der Waals surface area contributed by atoms with Crippen LogP contribution in [0.2, 0.25) is 0 Å². The molecule has 0 unspecified atom stereocenters. The molecule has 0 amide bonds. The summed E-state index contributed by atoms with van der Waals surface area (Å²) in [6, 6.07) is 1.86. The zero-order chi connectivity index (χ0) is 11.6. The molecule has 86 valence electrons. The summed E-state index contributed by atoms with van der Waals surface area (Å²) in [5, 5.41) is 17.7. The minimum atomic E-state index is 0.504. The monoisotopic (exact) mass is 221 g/mol. The van der Waals surface area contributed by atoms with Gasteiger partial charge in [0.1, 0.15) is 6.26 Å². The molecule has 0 bridgehead atoms. The van der Waals surface area contributed by atoms with Gasteiger partial charge in [0.2, 0.25) is 5.96 Å². The molecule has 0 saturated heterocycles. The molecule has 1 rings (SSSR count). The normalized spacial score (nSPS) is 10.9. The second-order valence-electron chi connectivity index (χ2n) is 3.18. The lowest BCUT2D eigenvalue weighted by atomic mass is 10.2. The van der Waals surface area contributed by atoms with E-state index in [4.69, 9.17) is 9.78 Å². The summed E-state index contributed by atoms with van der Waals surface area (Å²) in [7, 11) is 1.63. The van der Waals surface area contributed by atoms with Crippen LogP contribution in [-0.4, -0.2) is 24.7 Å². The van der Waals surface area contributed by atoms with Gasteiger partial charge in [-0.15, -0.1) is 0 Å². The van der Waals surface area contributed by atoms with Crippen molar-refractivity contribution in [1.82, 2.24) is 15.8 Å². The smallest absolute Gasteiger partial charge is 0.204 e. The maximum absolute atomic E-state index is 8.39. The lowest BCUT2D eigenvalue weighted by molar-refractivity contribution is 0.410. The first-order valence-corrected chi connectivity index (χ1v) is 5.12. The van der Waals surface area contributed by atoms with Crippen LogP contribution in [0.5, 0.6) is 0 Å². The number of aromatic nitrogens is 1. The Morgan fingerprint density at radius 3 is 3.12 bits per heavy atom. The van der Waals surface area contributed by atoms with Crippen molar-refractivity contribution in [3.63, 3.8) is 0 Å². The Balaban J connectivity index is 2.06. The molecule has 16 heavy (non-hydrogen) atoms. The molecule has 0 aliphatic rings. The number of rotatable bonds is 5. The van der Waals surface area contributed by atoms with E-state index < -0.39 is 0 Å². The minimum Gasteiger partial charge on any atom is -0.365 e. The lowest BCUT2D eigenvalue weighted by Gasteiger charge is -2.05. The van der Waals surface area contributed by atoms with E-state index in [0.29, 0.717) is 5.96 Å². The van der Waals surface area contributed by atoms with Gasteiger partial charge in [0.15, 0.2) is 6.19 Å². The Morgan fingerprint density at radius 1 is 1.62 bits per heavy atom.